The minimum absolute atomic E-state index is 0.130. The molecule has 0 saturated heterocycles. The monoisotopic (exact) mass is 388 g/mol. The number of aromatic nitrogens is 1. The predicted molar refractivity (Wildman–Crippen MR) is 113 cm³/mol. The van der Waals surface area contributed by atoms with Crippen molar-refractivity contribution in [2.75, 3.05) is 6.54 Å². The van der Waals surface area contributed by atoms with Crippen molar-refractivity contribution in [3.05, 3.63) is 94.4 Å². The largest absolute Gasteiger partial charge is 0.486 e. The van der Waals surface area contributed by atoms with Crippen LogP contribution in [0.1, 0.15) is 21.6 Å². The van der Waals surface area contributed by atoms with Crippen LogP contribution >= 0.6 is 11.3 Å². The molecule has 0 bridgehead atoms. The van der Waals surface area contributed by atoms with Crippen LogP contribution in [0.5, 0.6) is 5.75 Å². The third kappa shape index (κ3) is 4.38. The SMILES string of the molecule is O=C(NCCc1ccc2ccccc2c1)c1ccccc1OCc1cscn1. The van der Waals surface area contributed by atoms with E-state index in [4.69, 9.17) is 4.74 Å². The average Bonchev–Trinajstić information content (AvgIpc) is 3.26. The first-order valence-electron chi connectivity index (χ1n) is 9.14. The normalized spacial score (nSPS) is 10.7. The van der Waals surface area contributed by atoms with Gasteiger partial charge in [-0.15, -0.1) is 11.3 Å². The van der Waals surface area contributed by atoms with Gasteiger partial charge in [0.2, 0.25) is 0 Å². The van der Waals surface area contributed by atoms with Crippen LogP contribution < -0.4 is 10.1 Å². The maximum Gasteiger partial charge on any atom is 0.255 e. The maximum absolute atomic E-state index is 12.6. The molecule has 0 spiro atoms. The molecular weight excluding hydrogens is 368 g/mol. The van der Waals surface area contributed by atoms with E-state index in [9.17, 15) is 4.79 Å². The highest BCUT2D eigenvalue weighted by molar-refractivity contribution is 7.07. The molecule has 4 nitrogen and oxygen atoms in total. The lowest BCUT2D eigenvalue weighted by Gasteiger charge is -2.11. The lowest BCUT2D eigenvalue weighted by molar-refractivity contribution is 0.0949. The van der Waals surface area contributed by atoms with E-state index in [-0.39, 0.29) is 5.91 Å². The number of carbonyl (C=O) groups is 1. The molecule has 28 heavy (non-hydrogen) atoms. The predicted octanol–water partition coefficient (Wildman–Crippen LogP) is 4.85. The molecule has 1 aromatic heterocycles. The van der Waals surface area contributed by atoms with E-state index in [0.29, 0.717) is 24.5 Å². The molecule has 3 aromatic carbocycles. The Labute approximate surface area is 167 Å². The Bertz CT molecular complexity index is 1080. The van der Waals surface area contributed by atoms with E-state index >= 15 is 0 Å². The van der Waals surface area contributed by atoms with E-state index in [2.05, 4.69) is 40.6 Å². The van der Waals surface area contributed by atoms with E-state index in [1.165, 1.54) is 27.7 Å². The summed E-state index contributed by atoms with van der Waals surface area (Å²) in [7, 11) is 0. The molecule has 1 N–H and O–H groups in total. The number of amides is 1. The minimum atomic E-state index is -0.130. The third-order valence-electron chi connectivity index (χ3n) is 4.50. The summed E-state index contributed by atoms with van der Waals surface area (Å²) < 4.78 is 5.80. The zero-order valence-corrected chi connectivity index (χ0v) is 16.1. The van der Waals surface area contributed by atoms with Gasteiger partial charge in [-0.05, 0) is 34.9 Å². The van der Waals surface area contributed by atoms with E-state index in [1.54, 1.807) is 11.6 Å². The first kappa shape index (κ1) is 18.2. The fraction of sp³-hybridized carbons (Fsp3) is 0.130. The lowest BCUT2D eigenvalue weighted by atomic mass is 10.1. The molecule has 0 atom stereocenters. The molecule has 1 heterocycles. The second kappa shape index (κ2) is 8.67. The van der Waals surface area contributed by atoms with Crippen LogP contribution in [0.2, 0.25) is 0 Å². The number of fused-ring (bicyclic) bond motifs is 1. The molecule has 0 aliphatic carbocycles. The lowest BCUT2D eigenvalue weighted by Crippen LogP contribution is -2.26. The Balaban J connectivity index is 1.36. The van der Waals surface area contributed by atoms with Crippen LogP contribution in [0.4, 0.5) is 0 Å². The molecule has 0 saturated carbocycles. The molecule has 0 radical (unpaired) electrons. The van der Waals surface area contributed by atoms with Gasteiger partial charge >= 0.3 is 0 Å². The highest BCUT2D eigenvalue weighted by Gasteiger charge is 2.12. The Morgan fingerprint density at radius 1 is 1.00 bits per heavy atom. The van der Waals surface area contributed by atoms with E-state index in [0.717, 1.165) is 12.1 Å². The highest BCUT2D eigenvalue weighted by Crippen LogP contribution is 2.20. The number of carbonyl (C=O) groups excluding carboxylic acids is 1. The molecule has 0 fully saturated rings. The highest BCUT2D eigenvalue weighted by atomic mass is 32.1. The summed E-state index contributed by atoms with van der Waals surface area (Å²) in [5.41, 5.74) is 4.37. The average molecular weight is 388 g/mol. The van der Waals surface area contributed by atoms with Gasteiger partial charge < -0.3 is 10.1 Å². The van der Waals surface area contributed by atoms with Crippen molar-refractivity contribution in [1.82, 2.24) is 10.3 Å². The van der Waals surface area contributed by atoms with Crippen LogP contribution in [0.3, 0.4) is 0 Å². The molecule has 0 unspecified atom stereocenters. The number of nitrogens with zero attached hydrogens (tertiary/aromatic N) is 1. The van der Waals surface area contributed by atoms with Crippen LogP contribution in [0.25, 0.3) is 10.8 Å². The third-order valence-corrected chi connectivity index (χ3v) is 5.14. The van der Waals surface area contributed by atoms with Gasteiger partial charge in [0.1, 0.15) is 12.4 Å². The zero-order chi connectivity index (χ0) is 19.2. The number of thiazole rings is 1. The number of rotatable bonds is 7. The number of nitrogens with one attached hydrogen (secondary N) is 1. The molecule has 0 aliphatic rings. The van der Waals surface area contributed by atoms with Crippen molar-refractivity contribution >= 4 is 28.0 Å². The number of hydrogen-bond donors (Lipinski definition) is 1. The Morgan fingerprint density at radius 2 is 1.82 bits per heavy atom. The summed E-state index contributed by atoms with van der Waals surface area (Å²) in [6.07, 6.45) is 0.776. The maximum atomic E-state index is 12.6. The summed E-state index contributed by atoms with van der Waals surface area (Å²) in [5.74, 6) is 0.438. The minimum Gasteiger partial charge on any atom is -0.486 e. The van der Waals surface area contributed by atoms with Crippen molar-refractivity contribution in [3.8, 4) is 5.75 Å². The van der Waals surface area contributed by atoms with Gasteiger partial charge in [-0.1, -0.05) is 54.6 Å². The van der Waals surface area contributed by atoms with Crippen molar-refractivity contribution in [3.63, 3.8) is 0 Å². The van der Waals surface area contributed by atoms with Crippen molar-refractivity contribution in [2.24, 2.45) is 0 Å². The first-order chi connectivity index (χ1) is 13.8. The second-order valence-corrected chi connectivity index (χ2v) is 7.17. The Hall–Kier alpha value is -3.18. The topological polar surface area (TPSA) is 51.2 Å². The van der Waals surface area contributed by atoms with Gasteiger partial charge in [0.05, 0.1) is 16.8 Å². The Kier molecular flexibility index (Phi) is 5.64. The number of benzene rings is 3. The zero-order valence-electron chi connectivity index (χ0n) is 15.3. The number of ether oxygens (including phenoxy) is 1. The fourth-order valence-electron chi connectivity index (χ4n) is 3.05. The molecule has 1 amide bonds. The van der Waals surface area contributed by atoms with Crippen LogP contribution in [-0.2, 0) is 13.0 Å². The summed E-state index contributed by atoms with van der Waals surface area (Å²) >= 11 is 1.52. The molecule has 4 rings (SSSR count). The summed E-state index contributed by atoms with van der Waals surface area (Å²) in [5, 5.41) is 7.37. The first-order valence-corrected chi connectivity index (χ1v) is 10.1. The Morgan fingerprint density at radius 3 is 2.68 bits per heavy atom. The van der Waals surface area contributed by atoms with Gasteiger partial charge in [0, 0.05) is 11.9 Å². The van der Waals surface area contributed by atoms with Gasteiger partial charge in [-0.3, -0.25) is 4.79 Å². The van der Waals surface area contributed by atoms with Crippen LogP contribution in [-0.4, -0.2) is 17.4 Å². The smallest absolute Gasteiger partial charge is 0.255 e. The molecule has 4 aromatic rings. The standard InChI is InChI=1S/C23H20N2O2S/c26-23(21-7-3-4-8-22(21)27-14-20-15-28-16-25-20)24-12-11-17-9-10-18-5-1-2-6-19(18)13-17/h1-10,13,15-16H,11-12,14H2,(H,24,26). The van der Waals surface area contributed by atoms with Gasteiger partial charge in [-0.25, -0.2) is 4.98 Å². The quantitative estimate of drug-likeness (QED) is 0.492. The second-order valence-electron chi connectivity index (χ2n) is 6.45. The van der Waals surface area contributed by atoms with Crippen molar-refractivity contribution < 1.29 is 9.53 Å². The summed E-state index contributed by atoms with van der Waals surface area (Å²) in [6, 6.07) is 22.0. The van der Waals surface area contributed by atoms with Crippen molar-refractivity contribution in [1.29, 1.82) is 0 Å². The van der Waals surface area contributed by atoms with Crippen LogP contribution in [0, 0.1) is 0 Å². The molecule has 0 aliphatic heterocycles. The number of para-hydroxylation sites is 1. The van der Waals surface area contributed by atoms with E-state index < -0.39 is 0 Å². The fourth-order valence-corrected chi connectivity index (χ4v) is 3.59. The summed E-state index contributed by atoms with van der Waals surface area (Å²) in [4.78, 5) is 16.8. The number of hydrogen-bond acceptors (Lipinski definition) is 4. The molecule has 140 valence electrons. The van der Waals surface area contributed by atoms with Gasteiger partial charge in [0.15, 0.2) is 0 Å². The molecule has 5 heteroatoms. The summed E-state index contributed by atoms with van der Waals surface area (Å²) in [6.45, 7) is 0.919. The van der Waals surface area contributed by atoms with Crippen LogP contribution in [0.15, 0.2) is 77.6 Å². The van der Waals surface area contributed by atoms with Gasteiger partial charge in [-0.2, -0.15) is 0 Å². The van der Waals surface area contributed by atoms with Gasteiger partial charge in [0.25, 0.3) is 5.91 Å². The van der Waals surface area contributed by atoms with E-state index in [1.807, 2.05) is 35.7 Å². The molecular formula is C23H20N2O2S. The van der Waals surface area contributed by atoms with Crippen molar-refractivity contribution in [2.45, 2.75) is 13.0 Å².